The number of hydrogen-bond acceptors (Lipinski definition) is 6. The second-order valence-corrected chi connectivity index (χ2v) is 7.74. The molecule has 3 aromatic rings. The summed E-state index contributed by atoms with van der Waals surface area (Å²) in [5.41, 5.74) is 2.76. The lowest BCUT2D eigenvalue weighted by Crippen LogP contribution is -2.39. The van der Waals surface area contributed by atoms with Crippen molar-refractivity contribution in [3.05, 3.63) is 48.4 Å². The molecule has 1 aliphatic rings. The average molecular weight is 422 g/mol. The fourth-order valence-electron chi connectivity index (χ4n) is 3.94. The van der Waals surface area contributed by atoms with Gasteiger partial charge in [-0.1, -0.05) is 12.1 Å². The molecule has 1 fully saturated rings. The van der Waals surface area contributed by atoms with Crippen LogP contribution >= 0.6 is 0 Å². The first kappa shape index (κ1) is 20.9. The molecule has 1 aromatic heterocycles. The number of carbonyl (C=O) groups excluding carboxylic acids is 2. The van der Waals surface area contributed by atoms with Crippen LogP contribution in [-0.2, 0) is 9.59 Å². The minimum atomic E-state index is -0.180. The molecule has 0 saturated carbocycles. The first-order valence-electron chi connectivity index (χ1n) is 10.3. The van der Waals surface area contributed by atoms with Crippen molar-refractivity contribution in [1.29, 1.82) is 0 Å². The molecule has 8 heteroatoms. The smallest absolute Gasteiger partial charge is 0.238 e. The van der Waals surface area contributed by atoms with Crippen LogP contribution in [-0.4, -0.2) is 48.4 Å². The maximum Gasteiger partial charge on any atom is 0.238 e. The van der Waals surface area contributed by atoms with Crippen LogP contribution in [0.3, 0.4) is 0 Å². The number of para-hydroxylation sites is 2. The van der Waals surface area contributed by atoms with Crippen molar-refractivity contribution < 1.29 is 18.7 Å². The van der Waals surface area contributed by atoms with Crippen LogP contribution in [0.2, 0.25) is 0 Å². The molecule has 31 heavy (non-hydrogen) atoms. The van der Waals surface area contributed by atoms with Crippen molar-refractivity contribution in [3.8, 4) is 5.75 Å². The molecule has 1 aliphatic heterocycles. The Labute approximate surface area is 180 Å². The predicted octanol–water partition coefficient (Wildman–Crippen LogP) is 3.61. The lowest BCUT2D eigenvalue weighted by Gasteiger charge is -2.30. The summed E-state index contributed by atoms with van der Waals surface area (Å²) in [4.78, 5) is 30.8. The molecule has 1 saturated heterocycles. The van der Waals surface area contributed by atoms with E-state index < -0.39 is 0 Å². The van der Waals surface area contributed by atoms with Crippen molar-refractivity contribution >= 4 is 34.3 Å². The quantitative estimate of drug-likeness (QED) is 0.630. The molecule has 8 nitrogen and oxygen atoms in total. The molecule has 0 bridgehead atoms. The number of carbonyl (C=O) groups is 2. The molecule has 1 atom stereocenters. The number of piperidine rings is 1. The number of fused-ring (bicyclic) bond motifs is 1. The summed E-state index contributed by atoms with van der Waals surface area (Å²) in [6, 6.07) is 12.9. The van der Waals surface area contributed by atoms with E-state index in [-0.39, 0.29) is 24.3 Å². The SMILES string of the molecule is COc1ccc(NC(C)=O)cc1NC(=O)CN1CCCC(c2nc3ccccc3o2)C1. The van der Waals surface area contributed by atoms with Crippen LogP contribution in [0.25, 0.3) is 11.1 Å². The normalized spacial score (nSPS) is 16.8. The van der Waals surface area contributed by atoms with Crippen molar-refractivity contribution in [3.63, 3.8) is 0 Å². The topological polar surface area (TPSA) is 96.7 Å². The number of likely N-dealkylation sites (tertiary alicyclic amines) is 1. The highest BCUT2D eigenvalue weighted by Crippen LogP contribution is 2.30. The number of oxazole rings is 1. The van der Waals surface area contributed by atoms with E-state index in [0.717, 1.165) is 36.4 Å². The van der Waals surface area contributed by atoms with Gasteiger partial charge in [0.15, 0.2) is 11.5 Å². The van der Waals surface area contributed by atoms with Gasteiger partial charge in [-0.3, -0.25) is 14.5 Å². The van der Waals surface area contributed by atoms with Crippen LogP contribution in [0.15, 0.2) is 46.9 Å². The van der Waals surface area contributed by atoms with Gasteiger partial charge in [-0.25, -0.2) is 4.98 Å². The predicted molar refractivity (Wildman–Crippen MR) is 118 cm³/mol. The Balaban J connectivity index is 1.41. The molecule has 162 valence electrons. The van der Waals surface area contributed by atoms with Gasteiger partial charge in [0.05, 0.1) is 19.3 Å². The zero-order valence-electron chi connectivity index (χ0n) is 17.7. The van der Waals surface area contributed by atoms with Gasteiger partial charge >= 0.3 is 0 Å². The summed E-state index contributed by atoms with van der Waals surface area (Å²) in [5.74, 6) is 1.10. The number of aromatic nitrogens is 1. The van der Waals surface area contributed by atoms with Gasteiger partial charge in [0.25, 0.3) is 0 Å². The Morgan fingerprint density at radius 1 is 1.23 bits per heavy atom. The number of benzene rings is 2. The molecule has 4 rings (SSSR count). The number of nitrogens with one attached hydrogen (secondary N) is 2. The second-order valence-electron chi connectivity index (χ2n) is 7.74. The molecular formula is C23H26N4O4. The third kappa shape index (κ3) is 5.03. The van der Waals surface area contributed by atoms with Crippen LogP contribution in [0.5, 0.6) is 5.75 Å². The summed E-state index contributed by atoms with van der Waals surface area (Å²) in [5, 5.41) is 5.61. The van der Waals surface area contributed by atoms with Gasteiger partial charge in [-0.15, -0.1) is 0 Å². The summed E-state index contributed by atoms with van der Waals surface area (Å²) >= 11 is 0. The molecule has 2 N–H and O–H groups in total. The Morgan fingerprint density at radius 3 is 2.84 bits per heavy atom. The Morgan fingerprint density at radius 2 is 2.06 bits per heavy atom. The minimum absolute atomic E-state index is 0.142. The number of ether oxygens (including phenoxy) is 1. The summed E-state index contributed by atoms with van der Waals surface area (Å²) in [6.07, 6.45) is 1.95. The number of anilines is 2. The summed E-state index contributed by atoms with van der Waals surface area (Å²) in [6.45, 7) is 3.24. The first-order valence-corrected chi connectivity index (χ1v) is 10.3. The average Bonchev–Trinajstić information content (AvgIpc) is 3.18. The van der Waals surface area contributed by atoms with Crippen LogP contribution < -0.4 is 15.4 Å². The number of hydrogen-bond donors (Lipinski definition) is 2. The number of rotatable bonds is 6. The Kier molecular flexibility index (Phi) is 6.18. The molecule has 2 amide bonds. The molecule has 0 spiro atoms. The van der Waals surface area contributed by atoms with Crippen LogP contribution in [0.1, 0.15) is 31.6 Å². The monoisotopic (exact) mass is 422 g/mol. The fraction of sp³-hybridized carbons (Fsp3) is 0.348. The van der Waals surface area contributed by atoms with Crippen LogP contribution in [0.4, 0.5) is 11.4 Å². The van der Waals surface area contributed by atoms with Crippen molar-refractivity contribution in [2.45, 2.75) is 25.7 Å². The molecule has 0 radical (unpaired) electrons. The maximum atomic E-state index is 12.7. The molecule has 2 heterocycles. The van der Waals surface area contributed by atoms with E-state index in [4.69, 9.17) is 9.15 Å². The minimum Gasteiger partial charge on any atom is -0.495 e. The van der Waals surface area contributed by atoms with Gasteiger partial charge in [0.2, 0.25) is 11.8 Å². The highest BCUT2D eigenvalue weighted by Gasteiger charge is 2.26. The highest BCUT2D eigenvalue weighted by molar-refractivity contribution is 5.95. The molecule has 1 unspecified atom stereocenters. The van der Waals surface area contributed by atoms with E-state index in [1.54, 1.807) is 25.3 Å². The van der Waals surface area contributed by atoms with E-state index in [2.05, 4.69) is 20.5 Å². The molecule has 2 aromatic carbocycles. The number of methoxy groups -OCH3 is 1. The summed E-state index contributed by atoms with van der Waals surface area (Å²) in [7, 11) is 1.54. The highest BCUT2D eigenvalue weighted by atomic mass is 16.5. The van der Waals surface area contributed by atoms with E-state index in [0.29, 0.717) is 23.7 Å². The van der Waals surface area contributed by atoms with Crippen molar-refractivity contribution in [2.75, 3.05) is 37.4 Å². The zero-order valence-corrected chi connectivity index (χ0v) is 17.7. The third-order valence-corrected chi connectivity index (χ3v) is 5.33. The standard InChI is InChI=1S/C23H26N4O4/c1-15(28)24-17-9-10-20(30-2)19(12-17)25-22(29)14-27-11-5-6-16(13-27)23-26-18-7-3-4-8-21(18)31-23/h3-4,7-10,12,16H,5-6,11,13-14H2,1-2H3,(H,24,28)(H,25,29). The largest absolute Gasteiger partial charge is 0.495 e. The lowest BCUT2D eigenvalue weighted by molar-refractivity contribution is -0.117. The summed E-state index contributed by atoms with van der Waals surface area (Å²) < 4.78 is 11.3. The van der Waals surface area contributed by atoms with E-state index >= 15 is 0 Å². The van der Waals surface area contributed by atoms with Gasteiger partial charge in [-0.05, 0) is 49.7 Å². The van der Waals surface area contributed by atoms with Crippen molar-refractivity contribution in [2.24, 2.45) is 0 Å². The zero-order chi connectivity index (χ0) is 21.8. The number of amides is 2. The van der Waals surface area contributed by atoms with Crippen LogP contribution in [0, 0.1) is 0 Å². The number of nitrogens with zero attached hydrogens (tertiary/aromatic N) is 2. The Bertz CT molecular complexity index is 1060. The Hall–Kier alpha value is -3.39. The lowest BCUT2D eigenvalue weighted by atomic mass is 9.98. The third-order valence-electron chi connectivity index (χ3n) is 5.33. The van der Waals surface area contributed by atoms with E-state index in [1.165, 1.54) is 6.92 Å². The van der Waals surface area contributed by atoms with Gasteiger partial charge < -0.3 is 19.8 Å². The van der Waals surface area contributed by atoms with Gasteiger partial charge in [0, 0.05) is 25.1 Å². The fourth-order valence-corrected chi connectivity index (χ4v) is 3.94. The van der Waals surface area contributed by atoms with E-state index in [1.807, 2.05) is 24.3 Å². The van der Waals surface area contributed by atoms with E-state index in [9.17, 15) is 9.59 Å². The van der Waals surface area contributed by atoms with Crippen molar-refractivity contribution in [1.82, 2.24) is 9.88 Å². The molecule has 0 aliphatic carbocycles. The molecular weight excluding hydrogens is 396 g/mol. The van der Waals surface area contributed by atoms with Gasteiger partial charge in [-0.2, -0.15) is 0 Å². The second kappa shape index (κ2) is 9.18. The van der Waals surface area contributed by atoms with Gasteiger partial charge in [0.1, 0.15) is 11.3 Å². The first-order chi connectivity index (χ1) is 15.0. The maximum absolute atomic E-state index is 12.7.